The van der Waals surface area contributed by atoms with Crippen LogP contribution in [0.15, 0.2) is 42.6 Å². The number of benzene rings is 1. The van der Waals surface area contributed by atoms with E-state index in [9.17, 15) is 4.79 Å². The van der Waals surface area contributed by atoms with Crippen LogP contribution in [0.4, 0.5) is 11.5 Å². The van der Waals surface area contributed by atoms with Gasteiger partial charge in [-0.3, -0.25) is 4.79 Å². The molecule has 2 aromatic rings. The van der Waals surface area contributed by atoms with Crippen LogP contribution in [-0.4, -0.2) is 30.5 Å². The third-order valence-electron chi connectivity index (χ3n) is 5.22. The highest BCUT2D eigenvalue weighted by molar-refractivity contribution is 5.97. The van der Waals surface area contributed by atoms with Gasteiger partial charge < -0.3 is 9.80 Å². The number of aryl methyl sites for hydroxylation is 1. The summed E-state index contributed by atoms with van der Waals surface area (Å²) in [6, 6.07) is 12.4. The van der Waals surface area contributed by atoms with E-state index in [1.54, 1.807) is 0 Å². The summed E-state index contributed by atoms with van der Waals surface area (Å²) in [6.07, 6.45) is 4.66. The van der Waals surface area contributed by atoms with Gasteiger partial charge in [0, 0.05) is 37.4 Å². The van der Waals surface area contributed by atoms with Crippen LogP contribution in [0.5, 0.6) is 0 Å². The highest BCUT2D eigenvalue weighted by atomic mass is 16.2. The largest absolute Gasteiger partial charge is 0.357 e. The van der Waals surface area contributed by atoms with Gasteiger partial charge in [0.05, 0.1) is 0 Å². The fraction of sp³-hybridized carbons (Fsp3) is 0.400. The van der Waals surface area contributed by atoms with Crippen molar-refractivity contribution < 1.29 is 4.79 Å². The quantitative estimate of drug-likeness (QED) is 0.852. The molecule has 0 aliphatic carbocycles. The van der Waals surface area contributed by atoms with Gasteiger partial charge in [0.15, 0.2) is 0 Å². The third-order valence-corrected chi connectivity index (χ3v) is 5.22. The third kappa shape index (κ3) is 2.77. The second-order valence-electron chi connectivity index (χ2n) is 6.82. The fourth-order valence-corrected chi connectivity index (χ4v) is 3.84. The first-order chi connectivity index (χ1) is 11.7. The minimum Gasteiger partial charge on any atom is -0.357 e. The van der Waals surface area contributed by atoms with Crippen molar-refractivity contribution in [3.63, 3.8) is 0 Å². The minimum absolute atomic E-state index is 0.136. The number of anilines is 2. The zero-order valence-electron chi connectivity index (χ0n) is 14.1. The molecule has 1 fully saturated rings. The maximum atomic E-state index is 13.0. The van der Waals surface area contributed by atoms with Crippen molar-refractivity contribution in [1.82, 2.24) is 4.98 Å². The zero-order valence-corrected chi connectivity index (χ0v) is 14.1. The van der Waals surface area contributed by atoms with E-state index in [1.807, 2.05) is 23.2 Å². The number of pyridine rings is 1. The number of carbonyl (C=O) groups is 1. The lowest BCUT2D eigenvalue weighted by Crippen LogP contribution is -2.42. The molecule has 0 bridgehead atoms. The number of rotatable bonds is 2. The van der Waals surface area contributed by atoms with Crippen LogP contribution in [0.3, 0.4) is 0 Å². The van der Waals surface area contributed by atoms with E-state index in [4.69, 9.17) is 0 Å². The predicted octanol–water partition coefficient (Wildman–Crippen LogP) is 3.20. The molecule has 2 aliphatic heterocycles. The van der Waals surface area contributed by atoms with E-state index >= 15 is 0 Å². The molecule has 3 heterocycles. The molecule has 4 rings (SSSR count). The SMILES string of the molecule is Cc1ccnc(N2CCC(C(=O)N3CCc4ccccc43)CC2)c1. The molecule has 0 spiro atoms. The molecule has 1 saturated heterocycles. The number of para-hydroxylation sites is 1. The summed E-state index contributed by atoms with van der Waals surface area (Å²) in [4.78, 5) is 21.7. The van der Waals surface area contributed by atoms with E-state index in [2.05, 4.69) is 41.1 Å². The summed E-state index contributed by atoms with van der Waals surface area (Å²) in [5.74, 6) is 1.47. The van der Waals surface area contributed by atoms with Crippen molar-refractivity contribution >= 4 is 17.4 Å². The first kappa shape index (κ1) is 15.2. The summed E-state index contributed by atoms with van der Waals surface area (Å²) in [5, 5.41) is 0. The Morgan fingerprint density at radius 1 is 1.12 bits per heavy atom. The molecule has 4 nitrogen and oxygen atoms in total. The number of amides is 1. The number of hydrogen-bond donors (Lipinski definition) is 0. The Bertz CT molecular complexity index is 750. The van der Waals surface area contributed by atoms with E-state index in [1.165, 1.54) is 11.1 Å². The molecular weight excluding hydrogens is 298 g/mol. The van der Waals surface area contributed by atoms with Crippen molar-refractivity contribution in [2.45, 2.75) is 26.2 Å². The number of hydrogen-bond acceptors (Lipinski definition) is 3. The van der Waals surface area contributed by atoms with E-state index in [0.29, 0.717) is 5.91 Å². The standard InChI is InChI=1S/C20H23N3O/c1-15-6-10-21-19(14-15)22-11-7-17(8-12-22)20(24)23-13-9-16-4-2-3-5-18(16)23/h2-6,10,14,17H,7-9,11-13H2,1H3. The topological polar surface area (TPSA) is 36.4 Å². The smallest absolute Gasteiger partial charge is 0.230 e. The summed E-state index contributed by atoms with van der Waals surface area (Å²) in [6.45, 7) is 4.73. The maximum absolute atomic E-state index is 13.0. The normalized spacial score (nSPS) is 17.9. The average Bonchev–Trinajstić information content (AvgIpc) is 3.05. The molecule has 124 valence electrons. The van der Waals surface area contributed by atoms with Crippen LogP contribution >= 0.6 is 0 Å². The lowest BCUT2D eigenvalue weighted by molar-refractivity contribution is -0.122. The molecule has 1 aromatic carbocycles. The van der Waals surface area contributed by atoms with Gasteiger partial charge in [0.2, 0.25) is 5.91 Å². The van der Waals surface area contributed by atoms with Gasteiger partial charge in [-0.15, -0.1) is 0 Å². The molecule has 0 saturated carbocycles. The van der Waals surface area contributed by atoms with Crippen LogP contribution in [0.2, 0.25) is 0 Å². The molecule has 2 aliphatic rings. The van der Waals surface area contributed by atoms with Crippen molar-refractivity contribution in [3.05, 3.63) is 53.7 Å². The molecule has 1 amide bonds. The van der Waals surface area contributed by atoms with Crippen LogP contribution in [0, 0.1) is 12.8 Å². The van der Waals surface area contributed by atoms with Gasteiger partial charge in [-0.2, -0.15) is 0 Å². The minimum atomic E-state index is 0.136. The summed E-state index contributed by atoms with van der Waals surface area (Å²) >= 11 is 0. The summed E-state index contributed by atoms with van der Waals surface area (Å²) in [7, 11) is 0. The number of piperidine rings is 1. The lowest BCUT2D eigenvalue weighted by atomic mass is 9.95. The van der Waals surface area contributed by atoms with Gasteiger partial charge in [0.1, 0.15) is 5.82 Å². The molecule has 4 heteroatoms. The number of nitrogens with zero attached hydrogens (tertiary/aromatic N) is 3. The fourth-order valence-electron chi connectivity index (χ4n) is 3.84. The van der Waals surface area contributed by atoms with E-state index in [-0.39, 0.29) is 5.92 Å². The molecule has 0 N–H and O–H groups in total. The molecule has 0 unspecified atom stereocenters. The van der Waals surface area contributed by atoms with Crippen LogP contribution in [0.1, 0.15) is 24.0 Å². The first-order valence-electron chi connectivity index (χ1n) is 8.79. The molecule has 0 radical (unpaired) electrons. The molecule has 24 heavy (non-hydrogen) atoms. The summed E-state index contributed by atoms with van der Waals surface area (Å²) in [5.41, 5.74) is 3.64. The lowest BCUT2D eigenvalue weighted by Gasteiger charge is -2.34. The van der Waals surface area contributed by atoms with Crippen LogP contribution < -0.4 is 9.80 Å². The average molecular weight is 321 g/mol. The second kappa shape index (κ2) is 6.27. The van der Waals surface area contributed by atoms with Crippen molar-refractivity contribution in [2.24, 2.45) is 5.92 Å². The molecule has 0 atom stereocenters. The Hall–Kier alpha value is -2.36. The number of fused-ring (bicyclic) bond motifs is 1. The van der Waals surface area contributed by atoms with Gasteiger partial charge in [-0.25, -0.2) is 4.98 Å². The predicted molar refractivity (Wildman–Crippen MR) is 96.4 cm³/mol. The Labute approximate surface area is 143 Å². The van der Waals surface area contributed by atoms with Crippen LogP contribution in [-0.2, 0) is 11.2 Å². The Morgan fingerprint density at radius 2 is 1.92 bits per heavy atom. The monoisotopic (exact) mass is 321 g/mol. The highest BCUT2D eigenvalue weighted by Crippen LogP contribution is 2.31. The first-order valence-corrected chi connectivity index (χ1v) is 8.79. The Morgan fingerprint density at radius 3 is 2.71 bits per heavy atom. The van der Waals surface area contributed by atoms with Gasteiger partial charge in [-0.05, 0) is 55.5 Å². The van der Waals surface area contributed by atoms with Crippen molar-refractivity contribution in [2.75, 3.05) is 29.4 Å². The zero-order chi connectivity index (χ0) is 16.5. The van der Waals surface area contributed by atoms with Gasteiger partial charge in [0.25, 0.3) is 0 Å². The molecule has 1 aromatic heterocycles. The second-order valence-corrected chi connectivity index (χ2v) is 6.82. The van der Waals surface area contributed by atoms with Crippen LogP contribution in [0.25, 0.3) is 0 Å². The van der Waals surface area contributed by atoms with E-state index < -0.39 is 0 Å². The summed E-state index contributed by atoms with van der Waals surface area (Å²) < 4.78 is 0. The van der Waals surface area contributed by atoms with Gasteiger partial charge >= 0.3 is 0 Å². The number of carbonyl (C=O) groups excluding carboxylic acids is 1. The van der Waals surface area contributed by atoms with Crippen molar-refractivity contribution in [1.29, 1.82) is 0 Å². The van der Waals surface area contributed by atoms with E-state index in [0.717, 1.165) is 50.4 Å². The highest BCUT2D eigenvalue weighted by Gasteiger charge is 2.32. The Balaban J connectivity index is 1.42. The Kier molecular flexibility index (Phi) is 3.97. The number of aromatic nitrogens is 1. The molecular formula is C20H23N3O. The maximum Gasteiger partial charge on any atom is 0.230 e. The van der Waals surface area contributed by atoms with Gasteiger partial charge in [-0.1, -0.05) is 18.2 Å². The van der Waals surface area contributed by atoms with Crippen molar-refractivity contribution in [3.8, 4) is 0 Å².